The molecule has 0 bridgehead atoms. The number of nitrogens with one attached hydrogen (secondary N) is 2. The lowest BCUT2D eigenvalue weighted by Crippen LogP contribution is -2.65. The lowest BCUT2D eigenvalue weighted by Gasteiger charge is -2.38. The molecule has 21 heavy (non-hydrogen) atoms. The molecule has 1 fully saturated rings. The van der Waals surface area contributed by atoms with E-state index in [1.807, 2.05) is 36.4 Å². The number of nitrogens with zero attached hydrogens (tertiary/aromatic N) is 1. The van der Waals surface area contributed by atoms with Crippen molar-refractivity contribution in [2.45, 2.75) is 13.1 Å². The summed E-state index contributed by atoms with van der Waals surface area (Å²) in [7, 11) is 0. The monoisotopic (exact) mass is 282 g/mol. The third kappa shape index (κ3) is 3.12. The first kappa shape index (κ1) is 13.8. The van der Waals surface area contributed by atoms with Crippen molar-refractivity contribution in [1.29, 1.82) is 0 Å². The summed E-state index contributed by atoms with van der Waals surface area (Å²) in [4.78, 5) is 12.5. The molecule has 1 heterocycles. The smallest absolute Gasteiger partial charge is 0.293 e. The second-order valence-corrected chi connectivity index (χ2v) is 5.50. The molecule has 0 aromatic heterocycles. The lowest BCUT2D eigenvalue weighted by atomic mass is 10.1. The SMILES string of the molecule is O=C1NCNC[N+]1(Cc1ccccc1)Cc1ccccc1. The molecule has 2 amide bonds. The van der Waals surface area contributed by atoms with Crippen LogP contribution in [-0.4, -0.2) is 23.9 Å². The Morgan fingerprint density at radius 3 is 1.86 bits per heavy atom. The quantitative estimate of drug-likeness (QED) is 0.846. The molecule has 0 unspecified atom stereocenters. The predicted octanol–water partition coefficient (Wildman–Crippen LogP) is 2.43. The van der Waals surface area contributed by atoms with Gasteiger partial charge in [0, 0.05) is 11.1 Å². The number of urea groups is 1. The van der Waals surface area contributed by atoms with Gasteiger partial charge in [-0.1, -0.05) is 60.7 Å². The van der Waals surface area contributed by atoms with E-state index in [9.17, 15) is 4.79 Å². The highest BCUT2D eigenvalue weighted by atomic mass is 16.2. The molecule has 4 heteroatoms. The lowest BCUT2D eigenvalue weighted by molar-refractivity contribution is -0.883. The van der Waals surface area contributed by atoms with Gasteiger partial charge in [0.25, 0.3) is 0 Å². The third-order valence-electron chi connectivity index (χ3n) is 3.87. The highest BCUT2D eigenvalue weighted by Gasteiger charge is 2.39. The van der Waals surface area contributed by atoms with E-state index in [0.717, 1.165) is 0 Å². The first-order chi connectivity index (χ1) is 10.3. The Morgan fingerprint density at radius 1 is 0.857 bits per heavy atom. The number of hydrogen-bond donors (Lipinski definition) is 2. The highest BCUT2D eigenvalue weighted by Crippen LogP contribution is 2.20. The molecule has 2 N–H and O–H groups in total. The minimum atomic E-state index is 0.0847. The van der Waals surface area contributed by atoms with Crippen LogP contribution in [0.2, 0.25) is 0 Å². The van der Waals surface area contributed by atoms with Crippen molar-refractivity contribution in [2.75, 3.05) is 13.3 Å². The van der Waals surface area contributed by atoms with E-state index in [2.05, 4.69) is 34.9 Å². The van der Waals surface area contributed by atoms with Crippen molar-refractivity contribution in [3.8, 4) is 0 Å². The van der Waals surface area contributed by atoms with Crippen molar-refractivity contribution in [2.24, 2.45) is 0 Å². The standard InChI is InChI=1S/C17H19N3O/c21-17-19-13-18-14-20(17,11-15-7-3-1-4-8-15)12-16-9-5-2-6-10-16/h1-10,18H,11-14H2/p+1. The molecule has 3 rings (SSSR count). The molecule has 4 nitrogen and oxygen atoms in total. The number of quaternary nitrogens is 1. The molecule has 0 aliphatic carbocycles. The van der Waals surface area contributed by atoms with Crippen LogP contribution in [0.4, 0.5) is 4.79 Å². The van der Waals surface area contributed by atoms with Crippen LogP contribution >= 0.6 is 0 Å². The largest absolute Gasteiger partial charge is 0.419 e. The Bertz CT molecular complexity index is 556. The molecule has 0 radical (unpaired) electrons. The Labute approximate surface area is 125 Å². The van der Waals surface area contributed by atoms with Gasteiger partial charge in [-0.3, -0.25) is 10.6 Å². The average Bonchev–Trinajstić information content (AvgIpc) is 2.52. The van der Waals surface area contributed by atoms with Gasteiger partial charge in [-0.2, -0.15) is 0 Å². The molecule has 1 saturated heterocycles. The van der Waals surface area contributed by atoms with Crippen LogP contribution in [0, 0.1) is 0 Å². The molecule has 2 aromatic carbocycles. The van der Waals surface area contributed by atoms with Crippen LogP contribution in [0.15, 0.2) is 60.7 Å². The van der Waals surface area contributed by atoms with E-state index in [-0.39, 0.29) is 6.03 Å². The van der Waals surface area contributed by atoms with Crippen LogP contribution in [-0.2, 0) is 13.1 Å². The van der Waals surface area contributed by atoms with Gasteiger partial charge in [0.1, 0.15) is 19.8 Å². The fraction of sp³-hybridized carbons (Fsp3) is 0.235. The summed E-state index contributed by atoms with van der Waals surface area (Å²) >= 11 is 0. The van der Waals surface area contributed by atoms with Gasteiger partial charge < -0.3 is 0 Å². The van der Waals surface area contributed by atoms with E-state index < -0.39 is 0 Å². The summed E-state index contributed by atoms with van der Waals surface area (Å²) in [6, 6.07) is 20.5. The number of amides is 2. The van der Waals surface area contributed by atoms with Crippen LogP contribution in [0.25, 0.3) is 0 Å². The molecular weight excluding hydrogens is 262 g/mol. The molecular formula is C17H20N3O+. The first-order valence-electron chi connectivity index (χ1n) is 7.22. The number of hydrogen-bond acceptors (Lipinski definition) is 2. The van der Waals surface area contributed by atoms with Gasteiger partial charge in [0.15, 0.2) is 0 Å². The zero-order chi connectivity index (χ0) is 14.5. The molecule has 1 aliphatic rings. The van der Waals surface area contributed by atoms with Crippen LogP contribution in [0.5, 0.6) is 0 Å². The van der Waals surface area contributed by atoms with Gasteiger partial charge in [-0.05, 0) is 0 Å². The number of rotatable bonds is 4. The molecule has 0 saturated carbocycles. The molecule has 1 aliphatic heterocycles. The summed E-state index contributed by atoms with van der Waals surface area (Å²) in [5.74, 6) is 0. The summed E-state index contributed by atoms with van der Waals surface area (Å²) < 4.78 is 0.355. The van der Waals surface area contributed by atoms with E-state index in [1.165, 1.54) is 11.1 Å². The van der Waals surface area contributed by atoms with Gasteiger partial charge in [-0.15, -0.1) is 0 Å². The molecule has 2 aromatic rings. The van der Waals surface area contributed by atoms with E-state index in [4.69, 9.17) is 0 Å². The van der Waals surface area contributed by atoms with Gasteiger partial charge in [0.2, 0.25) is 0 Å². The highest BCUT2D eigenvalue weighted by molar-refractivity contribution is 5.67. The number of carbonyl (C=O) groups is 1. The Balaban J connectivity index is 1.89. The Kier molecular flexibility index (Phi) is 3.99. The molecule has 0 spiro atoms. The Morgan fingerprint density at radius 2 is 1.38 bits per heavy atom. The van der Waals surface area contributed by atoms with Crippen LogP contribution < -0.4 is 10.6 Å². The molecule has 0 atom stereocenters. The van der Waals surface area contributed by atoms with E-state index in [1.54, 1.807) is 0 Å². The number of benzene rings is 2. The number of carbonyl (C=O) groups excluding carboxylic acids is 1. The maximum Gasteiger partial charge on any atom is 0.419 e. The summed E-state index contributed by atoms with van der Waals surface area (Å²) in [5.41, 5.74) is 2.35. The van der Waals surface area contributed by atoms with Gasteiger partial charge >= 0.3 is 6.03 Å². The van der Waals surface area contributed by atoms with Crippen LogP contribution in [0.3, 0.4) is 0 Å². The van der Waals surface area contributed by atoms with Crippen molar-refractivity contribution >= 4 is 6.03 Å². The fourth-order valence-electron chi connectivity index (χ4n) is 2.82. The van der Waals surface area contributed by atoms with Crippen molar-refractivity contribution < 1.29 is 9.28 Å². The predicted molar refractivity (Wildman–Crippen MR) is 82.0 cm³/mol. The van der Waals surface area contributed by atoms with E-state index >= 15 is 0 Å². The first-order valence-corrected chi connectivity index (χ1v) is 7.22. The summed E-state index contributed by atoms with van der Waals surface area (Å²) in [5, 5.41) is 6.22. The summed E-state index contributed by atoms with van der Waals surface area (Å²) in [6.07, 6.45) is 0. The minimum absolute atomic E-state index is 0.0847. The average molecular weight is 282 g/mol. The molecule has 108 valence electrons. The van der Waals surface area contributed by atoms with Crippen molar-refractivity contribution in [3.63, 3.8) is 0 Å². The van der Waals surface area contributed by atoms with Crippen molar-refractivity contribution in [1.82, 2.24) is 10.6 Å². The van der Waals surface area contributed by atoms with Gasteiger partial charge in [-0.25, -0.2) is 9.28 Å². The third-order valence-corrected chi connectivity index (χ3v) is 3.87. The maximum absolute atomic E-state index is 12.5. The second kappa shape index (κ2) is 6.08. The normalized spacial score (nSPS) is 17.2. The maximum atomic E-state index is 12.5. The van der Waals surface area contributed by atoms with Crippen molar-refractivity contribution in [3.05, 3.63) is 71.8 Å². The minimum Gasteiger partial charge on any atom is -0.293 e. The zero-order valence-electron chi connectivity index (χ0n) is 12.0. The summed E-state index contributed by atoms with van der Waals surface area (Å²) in [6.45, 7) is 2.57. The second-order valence-electron chi connectivity index (χ2n) is 5.50. The Hall–Kier alpha value is -2.17. The zero-order valence-corrected chi connectivity index (χ0v) is 12.0. The fourth-order valence-corrected chi connectivity index (χ4v) is 2.82. The topological polar surface area (TPSA) is 41.1 Å². The van der Waals surface area contributed by atoms with E-state index in [0.29, 0.717) is 30.9 Å². The van der Waals surface area contributed by atoms with Gasteiger partial charge in [0.05, 0.1) is 6.67 Å². The van der Waals surface area contributed by atoms with Crippen LogP contribution in [0.1, 0.15) is 11.1 Å².